The zero-order chi connectivity index (χ0) is 28.1. The highest BCUT2D eigenvalue weighted by molar-refractivity contribution is 6.10. The molecule has 1 aliphatic rings. The molecule has 0 aromatic heterocycles. The number of hydrogen-bond acceptors (Lipinski definition) is 3. The van der Waals surface area contributed by atoms with E-state index in [-0.39, 0.29) is 24.1 Å². The fourth-order valence-electron chi connectivity index (χ4n) is 4.93. The number of rotatable bonds is 6. The third kappa shape index (κ3) is 5.71. The Kier molecular flexibility index (Phi) is 7.87. The number of aryl methyl sites for hydroxylation is 1. The quantitative estimate of drug-likeness (QED) is 0.300. The molecule has 0 fully saturated rings. The van der Waals surface area contributed by atoms with Gasteiger partial charge in [0.2, 0.25) is 5.91 Å². The highest BCUT2D eigenvalue weighted by Crippen LogP contribution is 2.33. The fourth-order valence-corrected chi connectivity index (χ4v) is 4.93. The maximum Gasteiger partial charge on any atom is 0.258 e. The van der Waals surface area contributed by atoms with E-state index in [1.54, 1.807) is 36.2 Å². The van der Waals surface area contributed by atoms with Crippen LogP contribution in [0.15, 0.2) is 103 Å². The van der Waals surface area contributed by atoms with Crippen LogP contribution in [0.2, 0.25) is 0 Å². The van der Waals surface area contributed by atoms with Crippen LogP contribution < -0.4 is 15.5 Å². The summed E-state index contributed by atoms with van der Waals surface area (Å²) in [5.41, 5.74) is 7.26. The molecular weight excluding hydrogens is 498 g/mol. The summed E-state index contributed by atoms with van der Waals surface area (Å²) in [6.07, 6.45) is 2.94. The van der Waals surface area contributed by atoms with Crippen molar-refractivity contribution in [1.82, 2.24) is 5.32 Å². The topological polar surface area (TPSA) is 78.5 Å². The number of hydrogen-bond donors (Lipinski definition) is 2. The first-order chi connectivity index (χ1) is 19.4. The lowest BCUT2D eigenvalue weighted by atomic mass is 9.98. The van der Waals surface area contributed by atoms with Gasteiger partial charge in [-0.3, -0.25) is 14.4 Å². The Morgan fingerprint density at radius 3 is 2.20 bits per heavy atom. The third-order valence-electron chi connectivity index (χ3n) is 7.08. The highest BCUT2D eigenvalue weighted by Gasteiger charge is 2.24. The van der Waals surface area contributed by atoms with Gasteiger partial charge in [-0.05, 0) is 66.4 Å². The van der Waals surface area contributed by atoms with E-state index < -0.39 is 0 Å². The smallest absolute Gasteiger partial charge is 0.258 e. The first-order valence-electron chi connectivity index (χ1n) is 13.3. The van der Waals surface area contributed by atoms with Gasteiger partial charge in [0.05, 0.1) is 12.1 Å². The molecule has 2 N–H and O–H groups in total. The lowest BCUT2D eigenvalue weighted by Crippen LogP contribution is -2.31. The maximum atomic E-state index is 13.6. The van der Waals surface area contributed by atoms with Gasteiger partial charge in [0.15, 0.2) is 0 Å². The van der Waals surface area contributed by atoms with Gasteiger partial charge in [0.25, 0.3) is 11.8 Å². The molecule has 1 aliphatic heterocycles. The number of anilines is 2. The van der Waals surface area contributed by atoms with E-state index >= 15 is 0 Å². The van der Waals surface area contributed by atoms with Gasteiger partial charge in [-0.1, -0.05) is 72.3 Å². The van der Waals surface area contributed by atoms with Gasteiger partial charge in [0, 0.05) is 36.0 Å². The number of carbonyl (C=O) groups is 3. The van der Waals surface area contributed by atoms with Crippen molar-refractivity contribution in [3.8, 4) is 11.1 Å². The van der Waals surface area contributed by atoms with E-state index in [1.165, 1.54) is 0 Å². The van der Waals surface area contributed by atoms with Crippen molar-refractivity contribution in [3.63, 3.8) is 0 Å². The third-order valence-corrected chi connectivity index (χ3v) is 7.08. The van der Waals surface area contributed by atoms with Crippen molar-refractivity contribution in [1.29, 1.82) is 0 Å². The Morgan fingerprint density at radius 1 is 0.800 bits per heavy atom. The molecule has 200 valence electrons. The van der Waals surface area contributed by atoms with E-state index in [9.17, 15) is 14.4 Å². The predicted molar refractivity (Wildman–Crippen MR) is 160 cm³/mol. The maximum absolute atomic E-state index is 13.6. The largest absolute Gasteiger partial charge is 0.359 e. The van der Waals surface area contributed by atoms with Crippen LogP contribution in [0.4, 0.5) is 11.4 Å². The van der Waals surface area contributed by atoms with Crippen LogP contribution in [0.25, 0.3) is 16.7 Å². The number of para-hydroxylation sites is 1. The molecule has 40 heavy (non-hydrogen) atoms. The number of benzene rings is 4. The summed E-state index contributed by atoms with van der Waals surface area (Å²) in [6, 6.07) is 30.2. The average molecular weight is 530 g/mol. The number of amides is 3. The number of carbonyl (C=O) groups excluding carboxylic acids is 3. The summed E-state index contributed by atoms with van der Waals surface area (Å²) in [6.45, 7) is 2.53. The summed E-state index contributed by atoms with van der Waals surface area (Å²) in [7, 11) is 1.62. The van der Waals surface area contributed by atoms with Crippen molar-refractivity contribution >= 4 is 34.7 Å². The fraction of sp³-hybridized carbons (Fsp3) is 0.147. The van der Waals surface area contributed by atoms with Crippen molar-refractivity contribution in [3.05, 3.63) is 125 Å². The first kappa shape index (κ1) is 26.6. The number of nitrogens with one attached hydrogen (secondary N) is 2. The molecule has 6 nitrogen and oxygen atoms in total. The molecule has 0 spiro atoms. The van der Waals surface area contributed by atoms with E-state index in [0.29, 0.717) is 29.8 Å². The van der Waals surface area contributed by atoms with Crippen molar-refractivity contribution in [2.75, 3.05) is 23.8 Å². The molecular formula is C34H31N3O3. The second-order valence-corrected chi connectivity index (χ2v) is 9.79. The van der Waals surface area contributed by atoms with E-state index in [0.717, 1.165) is 33.5 Å². The normalized spacial score (nSPS) is 12.6. The minimum atomic E-state index is -0.216. The molecule has 1 heterocycles. The SMILES string of the molecule is CNC(=O)CC1=CCCN(C(=O)c2ccc(NC(=O)c3ccccc3-c3ccc(C)cc3)cc2)c2ccccc21. The molecule has 0 unspecified atom stereocenters. The van der Waals surface area contributed by atoms with Gasteiger partial charge < -0.3 is 15.5 Å². The lowest BCUT2D eigenvalue weighted by Gasteiger charge is -2.24. The molecule has 6 heteroatoms. The molecule has 3 amide bonds. The molecule has 0 atom stereocenters. The summed E-state index contributed by atoms with van der Waals surface area (Å²) in [5, 5.41) is 5.65. The minimum Gasteiger partial charge on any atom is -0.359 e. The number of fused-ring (bicyclic) bond motifs is 1. The summed E-state index contributed by atoms with van der Waals surface area (Å²) in [4.78, 5) is 40.7. The summed E-state index contributed by atoms with van der Waals surface area (Å²) >= 11 is 0. The Morgan fingerprint density at radius 2 is 1.48 bits per heavy atom. The molecule has 0 saturated heterocycles. The number of nitrogens with zero attached hydrogens (tertiary/aromatic N) is 1. The van der Waals surface area contributed by atoms with E-state index in [1.807, 2.05) is 85.8 Å². The van der Waals surface area contributed by atoms with Crippen molar-refractivity contribution in [2.45, 2.75) is 19.8 Å². The van der Waals surface area contributed by atoms with E-state index in [2.05, 4.69) is 10.6 Å². The second-order valence-electron chi connectivity index (χ2n) is 9.79. The molecule has 4 aromatic rings. The Hall–Kier alpha value is -4.97. The molecule has 0 bridgehead atoms. The zero-order valence-electron chi connectivity index (χ0n) is 22.6. The molecule has 0 saturated carbocycles. The molecule has 0 radical (unpaired) electrons. The van der Waals surface area contributed by atoms with Crippen molar-refractivity contribution < 1.29 is 14.4 Å². The zero-order valence-corrected chi connectivity index (χ0v) is 22.6. The Balaban J connectivity index is 1.34. The van der Waals surface area contributed by atoms with Crippen LogP contribution in [0, 0.1) is 6.92 Å². The van der Waals surface area contributed by atoms with Crippen LogP contribution in [0.3, 0.4) is 0 Å². The molecule has 4 aromatic carbocycles. The highest BCUT2D eigenvalue weighted by atomic mass is 16.2. The minimum absolute atomic E-state index is 0.0695. The van der Waals surface area contributed by atoms with Gasteiger partial charge in [-0.2, -0.15) is 0 Å². The van der Waals surface area contributed by atoms with Gasteiger partial charge in [-0.15, -0.1) is 0 Å². The Labute approximate surface area is 234 Å². The van der Waals surface area contributed by atoms with E-state index in [4.69, 9.17) is 0 Å². The summed E-state index contributed by atoms with van der Waals surface area (Å²) in [5.74, 6) is -0.420. The van der Waals surface area contributed by atoms with Gasteiger partial charge in [0.1, 0.15) is 0 Å². The van der Waals surface area contributed by atoms with Crippen LogP contribution in [-0.4, -0.2) is 31.3 Å². The first-order valence-corrected chi connectivity index (χ1v) is 13.3. The van der Waals surface area contributed by atoms with Gasteiger partial charge >= 0.3 is 0 Å². The van der Waals surface area contributed by atoms with Crippen LogP contribution >= 0.6 is 0 Å². The second kappa shape index (κ2) is 11.8. The lowest BCUT2D eigenvalue weighted by molar-refractivity contribution is -0.119. The summed E-state index contributed by atoms with van der Waals surface area (Å²) < 4.78 is 0. The van der Waals surface area contributed by atoms with Crippen LogP contribution in [0.1, 0.15) is 44.7 Å². The standard InChI is InChI=1S/C34H31N3O3/c1-23-13-15-24(16-14-23)28-9-3-4-11-30(28)33(39)36-27-19-17-25(18-20-27)34(40)37-21-7-8-26(22-32(38)35-2)29-10-5-6-12-31(29)37/h3-6,8-20H,7,21-22H2,1-2H3,(H,35,38)(H,36,39). The van der Waals surface area contributed by atoms with Crippen molar-refractivity contribution in [2.24, 2.45) is 0 Å². The van der Waals surface area contributed by atoms with Crippen LogP contribution in [-0.2, 0) is 4.79 Å². The van der Waals surface area contributed by atoms with Crippen LogP contribution in [0.5, 0.6) is 0 Å². The molecule has 5 rings (SSSR count). The van der Waals surface area contributed by atoms with Gasteiger partial charge in [-0.25, -0.2) is 0 Å². The monoisotopic (exact) mass is 529 g/mol. The molecule has 0 aliphatic carbocycles. The average Bonchev–Trinajstić information content (AvgIpc) is 3.17. The predicted octanol–water partition coefficient (Wildman–Crippen LogP) is 6.48. The Bertz CT molecular complexity index is 1590.